The average molecular weight is 261 g/mol. The Balaban J connectivity index is 1.67. The highest BCUT2D eigenvalue weighted by atomic mass is 32.2. The fourth-order valence-electron chi connectivity index (χ4n) is 2.06. The summed E-state index contributed by atoms with van der Waals surface area (Å²) in [6.07, 6.45) is 1.32. The Morgan fingerprint density at radius 2 is 2.44 bits per heavy atom. The number of hydrogen-bond donors (Lipinski definition) is 2. The van der Waals surface area contributed by atoms with Gasteiger partial charge in [0.2, 0.25) is 5.82 Å². The summed E-state index contributed by atoms with van der Waals surface area (Å²) in [6.45, 7) is 1.04. The van der Waals surface area contributed by atoms with Gasteiger partial charge in [0.15, 0.2) is 0 Å². The molecule has 0 saturated carbocycles. The highest BCUT2D eigenvalue weighted by molar-refractivity contribution is 7.99. The van der Waals surface area contributed by atoms with Crippen LogP contribution >= 0.6 is 11.8 Å². The smallest absolute Gasteiger partial charge is 0.204 e. The summed E-state index contributed by atoms with van der Waals surface area (Å²) in [4.78, 5) is 0. The van der Waals surface area contributed by atoms with Crippen molar-refractivity contribution in [1.82, 2.24) is 20.6 Å². The maximum atomic E-state index is 3.99. The molecule has 1 saturated heterocycles. The number of nitrogens with one attached hydrogen (secondary N) is 2. The summed E-state index contributed by atoms with van der Waals surface area (Å²) in [6, 6.07) is 8.14. The highest BCUT2D eigenvalue weighted by Crippen LogP contribution is 2.24. The van der Waals surface area contributed by atoms with Gasteiger partial charge >= 0.3 is 0 Å². The minimum absolute atomic E-state index is 0.634. The van der Waals surface area contributed by atoms with E-state index in [0.29, 0.717) is 5.82 Å². The van der Waals surface area contributed by atoms with Gasteiger partial charge < -0.3 is 5.32 Å². The average Bonchev–Trinajstić information content (AvgIpc) is 3.10. The standard InChI is InChI=1S/C12H15N5S/c1-2-10(12-14-16-17-15-12)6-11(3-1)13-7-9-4-5-18-8-9/h1-3,6,9,13H,4-5,7-8H2,(H,14,15,16,17). The number of H-pyrrole nitrogens is 1. The van der Waals surface area contributed by atoms with Crippen molar-refractivity contribution >= 4 is 17.4 Å². The Morgan fingerprint density at radius 1 is 1.44 bits per heavy atom. The van der Waals surface area contributed by atoms with Crippen LogP contribution in [0.25, 0.3) is 11.4 Å². The lowest BCUT2D eigenvalue weighted by Gasteiger charge is -2.11. The number of rotatable bonds is 4. The minimum Gasteiger partial charge on any atom is -0.385 e. The van der Waals surface area contributed by atoms with Crippen LogP contribution in [-0.4, -0.2) is 38.7 Å². The van der Waals surface area contributed by atoms with Crippen LogP contribution in [-0.2, 0) is 0 Å². The SMILES string of the molecule is c1cc(NCC2CCSC2)cc(-c2nn[nH]n2)c1. The molecular weight excluding hydrogens is 246 g/mol. The topological polar surface area (TPSA) is 66.5 Å². The molecule has 0 bridgehead atoms. The van der Waals surface area contributed by atoms with E-state index in [0.717, 1.165) is 23.7 Å². The molecule has 1 unspecified atom stereocenters. The van der Waals surface area contributed by atoms with Gasteiger partial charge in [-0.1, -0.05) is 12.1 Å². The molecule has 0 amide bonds. The molecule has 0 radical (unpaired) electrons. The summed E-state index contributed by atoms with van der Waals surface area (Å²) in [5.41, 5.74) is 2.10. The summed E-state index contributed by atoms with van der Waals surface area (Å²) < 4.78 is 0. The molecule has 94 valence electrons. The second-order valence-corrected chi connectivity index (χ2v) is 5.58. The maximum absolute atomic E-state index is 3.99. The van der Waals surface area contributed by atoms with Gasteiger partial charge in [-0.3, -0.25) is 0 Å². The zero-order chi connectivity index (χ0) is 12.2. The Labute approximate surface area is 110 Å². The van der Waals surface area contributed by atoms with Gasteiger partial charge in [-0.05, 0) is 41.2 Å². The van der Waals surface area contributed by atoms with E-state index in [1.165, 1.54) is 17.9 Å². The second-order valence-electron chi connectivity index (χ2n) is 4.43. The van der Waals surface area contributed by atoms with E-state index in [1.807, 2.05) is 23.9 Å². The van der Waals surface area contributed by atoms with Gasteiger partial charge in [-0.2, -0.15) is 17.0 Å². The number of thioether (sulfide) groups is 1. The quantitative estimate of drug-likeness (QED) is 0.881. The lowest BCUT2D eigenvalue weighted by atomic mass is 10.1. The maximum Gasteiger partial charge on any atom is 0.204 e. The molecule has 1 aliphatic rings. The van der Waals surface area contributed by atoms with Gasteiger partial charge in [0.25, 0.3) is 0 Å². The van der Waals surface area contributed by atoms with E-state index in [9.17, 15) is 0 Å². The Bertz CT molecular complexity index is 493. The molecule has 1 fully saturated rings. The van der Waals surface area contributed by atoms with Crippen molar-refractivity contribution in [3.63, 3.8) is 0 Å². The first-order valence-electron chi connectivity index (χ1n) is 6.07. The molecule has 6 heteroatoms. The molecule has 0 spiro atoms. The predicted octanol–water partition coefficient (Wildman–Crippen LogP) is 2.03. The number of aromatic amines is 1. The van der Waals surface area contributed by atoms with Crippen LogP contribution in [0.15, 0.2) is 24.3 Å². The first kappa shape index (κ1) is 11.5. The molecule has 1 atom stereocenters. The molecule has 1 aromatic heterocycles. The van der Waals surface area contributed by atoms with Crippen LogP contribution in [0, 0.1) is 5.92 Å². The van der Waals surface area contributed by atoms with Gasteiger partial charge in [-0.25, -0.2) is 0 Å². The van der Waals surface area contributed by atoms with Crippen molar-refractivity contribution in [3.05, 3.63) is 24.3 Å². The van der Waals surface area contributed by atoms with Gasteiger partial charge in [0.1, 0.15) is 0 Å². The third-order valence-corrected chi connectivity index (χ3v) is 4.32. The zero-order valence-corrected chi connectivity index (χ0v) is 10.8. The third-order valence-electron chi connectivity index (χ3n) is 3.08. The van der Waals surface area contributed by atoms with Gasteiger partial charge in [-0.15, -0.1) is 10.2 Å². The van der Waals surface area contributed by atoms with Crippen LogP contribution < -0.4 is 5.32 Å². The van der Waals surface area contributed by atoms with E-state index in [2.05, 4.69) is 38.1 Å². The molecule has 18 heavy (non-hydrogen) atoms. The first-order valence-corrected chi connectivity index (χ1v) is 7.23. The fourth-order valence-corrected chi connectivity index (χ4v) is 3.34. The summed E-state index contributed by atoms with van der Waals surface area (Å²) in [5.74, 6) is 4.01. The number of benzene rings is 1. The second kappa shape index (κ2) is 5.39. The van der Waals surface area contributed by atoms with E-state index >= 15 is 0 Å². The summed E-state index contributed by atoms with van der Waals surface area (Å²) in [5, 5.41) is 17.5. The highest BCUT2D eigenvalue weighted by Gasteiger charge is 2.14. The number of anilines is 1. The van der Waals surface area contributed by atoms with Crippen molar-refractivity contribution in [2.24, 2.45) is 5.92 Å². The van der Waals surface area contributed by atoms with Crippen LogP contribution in [0.2, 0.25) is 0 Å². The lowest BCUT2D eigenvalue weighted by molar-refractivity contribution is 0.632. The molecule has 1 aromatic carbocycles. The molecule has 5 nitrogen and oxygen atoms in total. The summed E-state index contributed by atoms with van der Waals surface area (Å²) in [7, 11) is 0. The van der Waals surface area contributed by atoms with Crippen molar-refractivity contribution < 1.29 is 0 Å². The fraction of sp³-hybridized carbons (Fsp3) is 0.417. The molecule has 2 aromatic rings. The van der Waals surface area contributed by atoms with Crippen molar-refractivity contribution in [2.45, 2.75) is 6.42 Å². The van der Waals surface area contributed by atoms with Crippen LogP contribution in [0.1, 0.15) is 6.42 Å². The van der Waals surface area contributed by atoms with E-state index in [-0.39, 0.29) is 0 Å². The number of nitrogens with zero attached hydrogens (tertiary/aromatic N) is 3. The molecule has 2 N–H and O–H groups in total. The number of aromatic nitrogens is 4. The number of hydrogen-bond acceptors (Lipinski definition) is 5. The monoisotopic (exact) mass is 261 g/mol. The van der Waals surface area contributed by atoms with Crippen molar-refractivity contribution in [2.75, 3.05) is 23.4 Å². The van der Waals surface area contributed by atoms with Crippen molar-refractivity contribution in [1.29, 1.82) is 0 Å². The molecule has 1 aliphatic heterocycles. The number of tetrazole rings is 1. The van der Waals surface area contributed by atoms with Crippen molar-refractivity contribution in [3.8, 4) is 11.4 Å². The van der Waals surface area contributed by atoms with Crippen LogP contribution in [0.3, 0.4) is 0 Å². The summed E-state index contributed by atoms with van der Waals surface area (Å²) >= 11 is 2.05. The van der Waals surface area contributed by atoms with E-state index < -0.39 is 0 Å². The molecule has 3 rings (SSSR count). The first-order chi connectivity index (χ1) is 8.92. The molecular formula is C12H15N5S. The molecule has 2 heterocycles. The van der Waals surface area contributed by atoms with Gasteiger partial charge in [0, 0.05) is 17.8 Å². The zero-order valence-electron chi connectivity index (χ0n) is 9.97. The third kappa shape index (κ3) is 2.64. The minimum atomic E-state index is 0.634. The Kier molecular flexibility index (Phi) is 3.45. The predicted molar refractivity (Wildman–Crippen MR) is 73.5 cm³/mol. The Morgan fingerprint density at radius 3 is 3.22 bits per heavy atom. The van der Waals surface area contributed by atoms with Crippen LogP contribution in [0.4, 0.5) is 5.69 Å². The normalized spacial score (nSPS) is 19.0. The van der Waals surface area contributed by atoms with Gasteiger partial charge in [0.05, 0.1) is 0 Å². The molecule has 0 aliphatic carbocycles. The largest absolute Gasteiger partial charge is 0.385 e. The Hall–Kier alpha value is -1.56. The van der Waals surface area contributed by atoms with Crippen LogP contribution in [0.5, 0.6) is 0 Å². The van der Waals surface area contributed by atoms with E-state index in [1.54, 1.807) is 0 Å². The lowest BCUT2D eigenvalue weighted by Crippen LogP contribution is -2.13. The van der Waals surface area contributed by atoms with E-state index in [4.69, 9.17) is 0 Å².